The van der Waals surface area contributed by atoms with Crippen LogP contribution in [-0.2, 0) is 9.05 Å². The standard InChI is InChI=1S/C15H15ClN6O2S/c16-25(23,24)11-6-4-10(5-7-11)20-15-21-13-12(17-8-18-13)14(22-15)19-9-2-1-3-9/h4-9H,1-3H2,(H3,17,18,19,20,21,22)/p+1. The van der Waals surface area contributed by atoms with Crippen molar-refractivity contribution in [3.63, 3.8) is 0 Å². The predicted octanol–water partition coefficient (Wildman–Crippen LogP) is 2.41. The Morgan fingerprint density at radius 1 is 1.20 bits per heavy atom. The molecule has 0 amide bonds. The fraction of sp³-hybridized carbons (Fsp3) is 0.267. The Kier molecular flexibility index (Phi) is 3.97. The number of halogens is 1. The summed E-state index contributed by atoms with van der Waals surface area (Å²) in [5.41, 5.74) is 2.16. The number of anilines is 3. The SMILES string of the molecule is O=S(=O)(Cl)c1ccc(Nc2nc(NC3CCC3)c3[nH]c[nH+]c3n2)cc1. The van der Waals surface area contributed by atoms with Gasteiger partial charge in [0.15, 0.2) is 12.1 Å². The number of benzene rings is 1. The number of hydrogen-bond acceptors (Lipinski definition) is 6. The molecule has 0 spiro atoms. The van der Waals surface area contributed by atoms with E-state index in [1.54, 1.807) is 18.5 Å². The van der Waals surface area contributed by atoms with Crippen LogP contribution in [0, 0.1) is 0 Å². The van der Waals surface area contributed by atoms with Gasteiger partial charge in [-0.05, 0) is 43.5 Å². The number of aromatic nitrogens is 4. The quantitative estimate of drug-likeness (QED) is 0.586. The molecular weight excluding hydrogens is 364 g/mol. The highest BCUT2D eigenvalue weighted by molar-refractivity contribution is 8.13. The summed E-state index contributed by atoms with van der Waals surface area (Å²) in [5, 5.41) is 6.50. The second kappa shape index (κ2) is 6.16. The molecular formula is C15H16ClN6O2S+. The van der Waals surface area contributed by atoms with Crippen LogP contribution in [0.3, 0.4) is 0 Å². The van der Waals surface area contributed by atoms with Crippen molar-refractivity contribution in [2.75, 3.05) is 10.6 Å². The van der Waals surface area contributed by atoms with Gasteiger partial charge < -0.3 is 10.6 Å². The van der Waals surface area contributed by atoms with Crippen LogP contribution in [0.25, 0.3) is 11.2 Å². The highest BCUT2D eigenvalue weighted by Gasteiger charge is 2.22. The Bertz CT molecular complexity index is 1010. The van der Waals surface area contributed by atoms with Crippen LogP contribution in [0.15, 0.2) is 35.5 Å². The number of hydrogen-bond donors (Lipinski definition) is 3. The van der Waals surface area contributed by atoms with Crippen molar-refractivity contribution in [2.45, 2.75) is 30.2 Å². The van der Waals surface area contributed by atoms with Crippen LogP contribution in [0.2, 0.25) is 0 Å². The highest BCUT2D eigenvalue weighted by Crippen LogP contribution is 2.26. The summed E-state index contributed by atoms with van der Waals surface area (Å²) in [4.78, 5) is 15.1. The van der Waals surface area contributed by atoms with Crippen molar-refractivity contribution in [2.24, 2.45) is 0 Å². The first-order valence-corrected chi connectivity index (χ1v) is 10.1. The number of H-pyrrole nitrogens is 2. The van der Waals surface area contributed by atoms with Gasteiger partial charge in [-0.15, -0.1) is 0 Å². The molecule has 0 saturated heterocycles. The molecule has 0 aliphatic heterocycles. The molecule has 130 valence electrons. The molecule has 2 heterocycles. The maximum atomic E-state index is 11.3. The van der Waals surface area contributed by atoms with E-state index in [1.165, 1.54) is 18.6 Å². The van der Waals surface area contributed by atoms with E-state index < -0.39 is 9.05 Å². The first kappa shape index (κ1) is 16.1. The Morgan fingerprint density at radius 3 is 2.60 bits per heavy atom. The second-order valence-electron chi connectivity index (χ2n) is 5.91. The van der Waals surface area contributed by atoms with Gasteiger partial charge in [0.25, 0.3) is 9.05 Å². The Balaban J connectivity index is 1.62. The molecule has 4 N–H and O–H groups in total. The van der Waals surface area contributed by atoms with Crippen LogP contribution in [0.4, 0.5) is 17.5 Å². The van der Waals surface area contributed by atoms with Crippen molar-refractivity contribution < 1.29 is 13.4 Å². The van der Waals surface area contributed by atoms with Crippen LogP contribution >= 0.6 is 10.7 Å². The molecule has 0 radical (unpaired) electrons. The van der Waals surface area contributed by atoms with Crippen molar-refractivity contribution in [3.8, 4) is 0 Å². The van der Waals surface area contributed by atoms with Gasteiger partial charge in [-0.1, -0.05) is 4.98 Å². The summed E-state index contributed by atoms with van der Waals surface area (Å²) >= 11 is 0. The molecule has 2 aromatic heterocycles. The number of aromatic amines is 2. The van der Waals surface area contributed by atoms with E-state index in [0.29, 0.717) is 23.3 Å². The Labute approximate surface area is 148 Å². The lowest BCUT2D eigenvalue weighted by atomic mass is 9.93. The van der Waals surface area contributed by atoms with E-state index in [-0.39, 0.29) is 4.90 Å². The number of nitrogens with zero attached hydrogens (tertiary/aromatic N) is 2. The summed E-state index contributed by atoms with van der Waals surface area (Å²) in [6.45, 7) is 0. The average molecular weight is 380 g/mol. The maximum absolute atomic E-state index is 11.3. The van der Waals surface area contributed by atoms with Crippen LogP contribution < -0.4 is 15.6 Å². The first-order chi connectivity index (χ1) is 12.0. The van der Waals surface area contributed by atoms with Gasteiger partial charge in [-0.3, -0.25) is 4.98 Å². The smallest absolute Gasteiger partial charge is 0.307 e. The van der Waals surface area contributed by atoms with E-state index in [2.05, 4.69) is 30.6 Å². The van der Waals surface area contributed by atoms with Gasteiger partial charge in [0.2, 0.25) is 5.52 Å². The minimum atomic E-state index is -3.74. The van der Waals surface area contributed by atoms with Gasteiger partial charge in [0.1, 0.15) is 0 Å². The summed E-state index contributed by atoms with van der Waals surface area (Å²) in [6.07, 6.45) is 5.19. The molecule has 25 heavy (non-hydrogen) atoms. The van der Waals surface area contributed by atoms with E-state index in [0.717, 1.165) is 24.2 Å². The zero-order valence-corrected chi connectivity index (χ0v) is 14.7. The van der Waals surface area contributed by atoms with E-state index in [9.17, 15) is 8.42 Å². The van der Waals surface area contributed by atoms with Gasteiger partial charge in [-0.2, -0.15) is 4.98 Å². The number of rotatable bonds is 5. The number of nitrogens with one attached hydrogen (secondary N) is 4. The van der Waals surface area contributed by atoms with Crippen molar-refractivity contribution in [3.05, 3.63) is 30.6 Å². The summed E-state index contributed by atoms with van der Waals surface area (Å²) in [6, 6.07) is 6.52. The largest absolute Gasteiger partial charge is 0.364 e. The van der Waals surface area contributed by atoms with Crippen molar-refractivity contribution in [1.82, 2.24) is 15.0 Å². The maximum Gasteiger partial charge on any atom is 0.307 e. The van der Waals surface area contributed by atoms with E-state index in [1.807, 2.05) is 0 Å². The fourth-order valence-corrected chi connectivity index (χ4v) is 3.38. The Morgan fingerprint density at radius 2 is 1.96 bits per heavy atom. The van der Waals surface area contributed by atoms with Gasteiger partial charge >= 0.3 is 11.6 Å². The predicted molar refractivity (Wildman–Crippen MR) is 94.5 cm³/mol. The lowest BCUT2D eigenvalue weighted by Gasteiger charge is -2.26. The van der Waals surface area contributed by atoms with Crippen molar-refractivity contribution in [1.29, 1.82) is 0 Å². The third-order valence-electron chi connectivity index (χ3n) is 4.17. The molecule has 0 bridgehead atoms. The molecule has 0 atom stereocenters. The van der Waals surface area contributed by atoms with Gasteiger partial charge in [0, 0.05) is 22.4 Å². The zero-order chi connectivity index (χ0) is 17.4. The molecule has 1 fully saturated rings. The van der Waals surface area contributed by atoms with Crippen LogP contribution in [0.5, 0.6) is 0 Å². The fourth-order valence-electron chi connectivity index (χ4n) is 2.61. The lowest BCUT2D eigenvalue weighted by molar-refractivity contribution is -0.347. The number of imidazole rings is 1. The minimum Gasteiger partial charge on any atom is -0.364 e. The lowest BCUT2D eigenvalue weighted by Crippen LogP contribution is -2.27. The summed E-state index contributed by atoms with van der Waals surface area (Å²) in [7, 11) is 1.59. The highest BCUT2D eigenvalue weighted by atomic mass is 35.7. The van der Waals surface area contributed by atoms with Crippen LogP contribution in [0.1, 0.15) is 19.3 Å². The van der Waals surface area contributed by atoms with E-state index in [4.69, 9.17) is 10.7 Å². The van der Waals surface area contributed by atoms with Gasteiger partial charge in [0.05, 0.1) is 4.90 Å². The normalized spacial score (nSPS) is 15.1. The topological polar surface area (TPSA) is 114 Å². The molecule has 10 heteroatoms. The summed E-state index contributed by atoms with van der Waals surface area (Å²) < 4.78 is 22.6. The Hall–Kier alpha value is -2.39. The molecule has 1 aliphatic carbocycles. The molecule has 1 aromatic carbocycles. The first-order valence-electron chi connectivity index (χ1n) is 7.84. The molecule has 8 nitrogen and oxygen atoms in total. The van der Waals surface area contributed by atoms with Crippen molar-refractivity contribution >= 4 is 48.4 Å². The monoisotopic (exact) mass is 379 g/mol. The third-order valence-corrected chi connectivity index (χ3v) is 5.54. The molecule has 4 rings (SSSR count). The minimum absolute atomic E-state index is 0.0439. The third kappa shape index (κ3) is 3.38. The molecule has 1 saturated carbocycles. The molecule has 1 aliphatic rings. The average Bonchev–Trinajstić information content (AvgIpc) is 2.99. The second-order valence-corrected chi connectivity index (χ2v) is 8.48. The van der Waals surface area contributed by atoms with Crippen LogP contribution in [-0.4, -0.2) is 29.4 Å². The molecule has 3 aromatic rings. The van der Waals surface area contributed by atoms with E-state index >= 15 is 0 Å². The summed E-state index contributed by atoms with van der Waals surface area (Å²) in [5.74, 6) is 1.14. The molecule has 0 unspecified atom stereocenters. The zero-order valence-electron chi connectivity index (χ0n) is 13.1. The number of fused-ring (bicyclic) bond motifs is 1. The van der Waals surface area contributed by atoms with Gasteiger partial charge in [-0.25, -0.2) is 13.4 Å².